The van der Waals surface area contributed by atoms with Crippen LogP contribution in [0.15, 0.2) is 23.6 Å². The maximum atomic E-state index is 10.3. The molecular formula is C10H8O4S. The standard InChI is InChI=1S/C10H8O4S/c11-9(12)3-1-7-5-6-15-8(7)2-4-10(13)14/h1-6H,(H,11,12)(H,13,14). The molecule has 5 heteroatoms. The highest BCUT2D eigenvalue weighted by Gasteiger charge is 1.98. The van der Waals surface area contributed by atoms with Crippen molar-refractivity contribution in [2.75, 3.05) is 0 Å². The van der Waals surface area contributed by atoms with Gasteiger partial charge in [-0.25, -0.2) is 9.59 Å². The smallest absolute Gasteiger partial charge is 0.328 e. The maximum absolute atomic E-state index is 10.3. The third-order valence-corrected chi connectivity index (χ3v) is 2.41. The molecule has 0 amide bonds. The fourth-order valence-corrected chi connectivity index (χ4v) is 1.69. The molecular weight excluding hydrogens is 216 g/mol. The molecule has 0 radical (unpaired) electrons. The van der Waals surface area contributed by atoms with E-state index in [9.17, 15) is 9.59 Å². The van der Waals surface area contributed by atoms with Gasteiger partial charge in [-0.3, -0.25) is 0 Å². The summed E-state index contributed by atoms with van der Waals surface area (Å²) >= 11 is 1.35. The number of carbonyl (C=O) groups is 2. The SMILES string of the molecule is O=C(O)C=Cc1ccsc1C=CC(=O)O. The van der Waals surface area contributed by atoms with Crippen LogP contribution in [0.3, 0.4) is 0 Å². The van der Waals surface area contributed by atoms with Crippen molar-refractivity contribution in [2.24, 2.45) is 0 Å². The molecule has 1 heterocycles. The summed E-state index contributed by atoms with van der Waals surface area (Å²) in [5, 5.41) is 18.6. The van der Waals surface area contributed by atoms with Crippen LogP contribution in [0.25, 0.3) is 12.2 Å². The van der Waals surface area contributed by atoms with Gasteiger partial charge in [-0.15, -0.1) is 11.3 Å². The van der Waals surface area contributed by atoms with Crippen LogP contribution < -0.4 is 0 Å². The molecule has 2 N–H and O–H groups in total. The van der Waals surface area contributed by atoms with Crippen LogP contribution in [0.5, 0.6) is 0 Å². The second-order valence-corrected chi connectivity index (χ2v) is 3.53. The van der Waals surface area contributed by atoms with Gasteiger partial charge in [0.25, 0.3) is 0 Å². The van der Waals surface area contributed by atoms with Gasteiger partial charge in [0.05, 0.1) is 0 Å². The summed E-state index contributed by atoms with van der Waals surface area (Å²) in [4.78, 5) is 21.3. The van der Waals surface area contributed by atoms with Crippen LogP contribution in [0.1, 0.15) is 10.4 Å². The van der Waals surface area contributed by atoms with Crippen molar-refractivity contribution in [1.82, 2.24) is 0 Å². The molecule has 4 nitrogen and oxygen atoms in total. The summed E-state index contributed by atoms with van der Waals surface area (Å²) in [6.07, 6.45) is 4.90. The molecule has 0 spiro atoms. The molecule has 0 fully saturated rings. The van der Waals surface area contributed by atoms with E-state index in [1.807, 2.05) is 0 Å². The van der Waals surface area contributed by atoms with Crippen LogP contribution >= 0.6 is 11.3 Å². The Morgan fingerprint density at radius 1 is 1.13 bits per heavy atom. The van der Waals surface area contributed by atoms with E-state index in [1.54, 1.807) is 11.4 Å². The Morgan fingerprint density at radius 2 is 1.73 bits per heavy atom. The average molecular weight is 224 g/mol. The zero-order chi connectivity index (χ0) is 11.3. The van der Waals surface area contributed by atoms with Crippen molar-refractivity contribution in [1.29, 1.82) is 0 Å². The van der Waals surface area contributed by atoms with Gasteiger partial charge in [0.2, 0.25) is 0 Å². The molecule has 0 aliphatic rings. The van der Waals surface area contributed by atoms with Gasteiger partial charge in [-0.05, 0) is 29.2 Å². The average Bonchev–Trinajstić information content (AvgIpc) is 2.58. The van der Waals surface area contributed by atoms with Crippen molar-refractivity contribution in [3.8, 4) is 0 Å². The van der Waals surface area contributed by atoms with E-state index in [2.05, 4.69) is 0 Å². The molecule has 0 aliphatic heterocycles. The molecule has 0 saturated heterocycles. The molecule has 15 heavy (non-hydrogen) atoms. The van der Waals surface area contributed by atoms with Crippen LogP contribution in [-0.2, 0) is 9.59 Å². The van der Waals surface area contributed by atoms with Gasteiger partial charge in [0, 0.05) is 17.0 Å². The fourth-order valence-electron chi connectivity index (χ4n) is 0.912. The summed E-state index contributed by atoms with van der Waals surface area (Å²) in [5.74, 6) is -2.06. The van der Waals surface area contributed by atoms with Crippen LogP contribution in [0.2, 0.25) is 0 Å². The fraction of sp³-hybridized carbons (Fsp3) is 0. The molecule has 0 aliphatic carbocycles. The van der Waals surface area contributed by atoms with E-state index in [0.29, 0.717) is 5.56 Å². The lowest BCUT2D eigenvalue weighted by molar-refractivity contribution is -0.132. The van der Waals surface area contributed by atoms with Crippen molar-refractivity contribution in [3.63, 3.8) is 0 Å². The molecule has 0 aromatic carbocycles. The summed E-state index contributed by atoms with van der Waals surface area (Å²) in [5.41, 5.74) is 0.694. The maximum Gasteiger partial charge on any atom is 0.328 e. The minimum absolute atomic E-state index is 0.694. The first-order chi connectivity index (χ1) is 7.09. The monoisotopic (exact) mass is 224 g/mol. The highest BCUT2D eigenvalue weighted by molar-refractivity contribution is 7.11. The lowest BCUT2D eigenvalue weighted by Gasteiger charge is -1.89. The molecule has 78 valence electrons. The number of hydrogen-bond acceptors (Lipinski definition) is 3. The van der Waals surface area contributed by atoms with Crippen LogP contribution in [-0.4, -0.2) is 22.2 Å². The zero-order valence-corrected chi connectivity index (χ0v) is 8.40. The highest BCUT2D eigenvalue weighted by Crippen LogP contribution is 2.19. The summed E-state index contributed by atoms with van der Waals surface area (Å²) in [6, 6.07) is 1.73. The van der Waals surface area contributed by atoms with E-state index in [0.717, 1.165) is 17.0 Å². The lowest BCUT2D eigenvalue weighted by atomic mass is 10.2. The second kappa shape index (κ2) is 5.11. The van der Waals surface area contributed by atoms with Crippen molar-refractivity contribution in [3.05, 3.63) is 34.0 Å². The Balaban J connectivity index is 2.87. The van der Waals surface area contributed by atoms with E-state index in [-0.39, 0.29) is 0 Å². The highest BCUT2D eigenvalue weighted by atomic mass is 32.1. The number of hydrogen-bond donors (Lipinski definition) is 2. The minimum Gasteiger partial charge on any atom is -0.478 e. The molecule has 0 bridgehead atoms. The molecule has 0 saturated carbocycles. The normalized spacial score (nSPS) is 11.2. The number of aliphatic carboxylic acids is 2. The minimum atomic E-state index is -1.03. The first-order valence-corrected chi connectivity index (χ1v) is 4.87. The molecule has 1 aromatic heterocycles. The summed E-state index contributed by atoms with van der Waals surface area (Å²) in [7, 11) is 0. The lowest BCUT2D eigenvalue weighted by Crippen LogP contribution is -1.86. The molecule has 1 aromatic rings. The predicted molar refractivity (Wildman–Crippen MR) is 57.7 cm³/mol. The van der Waals surface area contributed by atoms with Gasteiger partial charge in [0.1, 0.15) is 0 Å². The number of thiophene rings is 1. The third kappa shape index (κ3) is 3.78. The van der Waals surface area contributed by atoms with Gasteiger partial charge in [-0.1, -0.05) is 0 Å². The van der Waals surface area contributed by atoms with Crippen molar-refractivity contribution < 1.29 is 19.8 Å². The van der Waals surface area contributed by atoms with Crippen LogP contribution in [0, 0.1) is 0 Å². The van der Waals surface area contributed by atoms with E-state index < -0.39 is 11.9 Å². The van der Waals surface area contributed by atoms with Gasteiger partial charge in [-0.2, -0.15) is 0 Å². The Labute approximate surface area is 89.8 Å². The molecule has 0 atom stereocenters. The zero-order valence-electron chi connectivity index (χ0n) is 7.58. The molecule has 1 rings (SSSR count). The number of carboxylic acid groups (broad SMARTS) is 2. The Bertz CT molecular complexity index is 390. The first kappa shape index (κ1) is 11.2. The van der Waals surface area contributed by atoms with E-state index >= 15 is 0 Å². The molecule has 0 unspecified atom stereocenters. The summed E-state index contributed by atoms with van der Waals surface area (Å²) in [6.45, 7) is 0. The van der Waals surface area contributed by atoms with Gasteiger partial charge in [0.15, 0.2) is 0 Å². The largest absolute Gasteiger partial charge is 0.478 e. The number of rotatable bonds is 4. The first-order valence-electron chi connectivity index (χ1n) is 3.99. The van der Waals surface area contributed by atoms with E-state index in [1.165, 1.54) is 23.5 Å². The van der Waals surface area contributed by atoms with Gasteiger partial charge >= 0.3 is 11.9 Å². The van der Waals surface area contributed by atoms with Crippen molar-refractivity contribution in [2.45, 2.75) is 0 Å². The topological polar surface area (TPSA) is 74.6 Å². The quantitative estimate of drug-likeness (QED) is 0.766. The predicted octanol–water partition coefficient (Wildman–Crippen LogP) is 1.94. The third-order valence-electron chi connectivity index (χ3n) is 1.51. The Hall–Kier alpha value is -1.88. The van der Waals surface area contributed by atoms with Gasteiger partial charge < -0.3 is 10.2 Å². The van der Waals surface area contributed by atoms with Crippen molar-refractivity contribution >= 4 is 35.4 Å². The Morgan fingerprint density at radius 3 is 2.33 bits per heavy atom. The van der Waals surface area contributed by atoms with E-state index in [4.69, 9.17) is 10.2 Å². The number of carboxylic acids is 2. The Kier molecular flexibility index (Phi) is 3.82. The summed E-state index contributed by atoms with van der Waals surface area (Å²) < 4.78 is 0. The van der Waals surface area contributed by atoms with Crippen LogP contribution in [0.4, 0.5) is 0 Å². The second-order valence-electron chi connectivity index (χ2n) is 2.58.